The number of halogens is 2. The molecule has 2 aromatic rings. The SMILES string of the molecule is N#CC1=C(SCC(=O)Nc2cccc(Cl)c2)NC(=O)C[C@H]1c1ccccc1F. The second-order valence-electron chi connectivity index (χ2n) is 6.03. The van der Waals surface area contributed by atoms with Gasteiger partial charge in [0, 0.05) is 23.0 Å². The van der Waals surface area contributed by atoms with Gasteiger partial charge in [0.25, 0.3) is 0 Å². The maximum Gasteiger partial charge on any atom is 0.234 e. The van der Waals surface area contributed by atoms with Gasteiger partial charge in [-0.05, 0) is 29.8 Å². The number of thioether (sulfide) groups is 1. The first-order chi connectivity index (χ1) is 13.5. The van der Waals surface area contributed by atoms with E-state index in [2.05, 4.69) is 16.7 Å². The predicted molar refractivity (Wildman–Crippen MR) is 107 cm³/mol. The Morgan fingerprint density at radius 2 is 2.11 bits per heavy atom. The van der Waals surface area contributed by atoms with E-state index in [-0.39, 0.29) is 40.2 Å². The molecule has 0 aliphatic carbocycles. The van der Waals surface area contributed by atoms with E-state index in [1.54, 1.807) is 42.5 Å². The van der Waals surface area contributed by atoms with E-state index in [1.165, 1.54) is 6.07 Å². The maximum absolute atomic E-state index is 14.2. The fraction of sp³-hybridized carbons (Fsp3) is 0.150. The molecule has 1 aliphatic rings. The van der Waals surface area contributed by atoms with Gasteiger partial charge in [0.1, 0.15) is 5.82 Å². The number of hydrogen-bond acceptors (Lipinski definition) is 4. The van der Waals surface area contributed by atoms with Crippen LogP contribution in [0, 0.1) is 17.1 Å². The lowest BCUT2D eigenvalue weighted by molar-refractivity contribution is -0.121. The van der Waals surface area contributed by atoms with Crippen molar-refractivity contribution in [3.05, 3.63) is 75.5 Å². The molecule has 1 aliphatic heterocycles. The number of carbonyl (C=O) groups excluding carboxylic acids is 2. The van der Waals surface area contributed by atoms with Crippen molar-refractivity contribution in [3.63, 3.8) is 0 Å². The summed E-state index contributed by atoms with van der Waals surface area (Å²) in [5, 5.41) is 15.7. The Kier molecular flexibility index (Phi) is 6.34. The van der Waals surface area contributed by atoms with Crippen molar-refractivity contribution in [2.45, 2.75) is 12.3 Å². The van der Waals surface area contributed by atoms with Gasteiger partial charge in [-0.1, -0.05) is 47.6 Å². The van der Waals surface area contributed by atoms with Crippen molar-refractivity contribution in [2.75, 3.05) is 11.1 Å². The second kappa shape index (κ2) is 8.91. The van der Waals surface area contributed by atoms with Crippen LogP contribution in [0.5, 0.6) is 0 Å². The third-order valence-corrected chi connectivity index (χ3v) is 5.34. The predicted octanol–water partition coefficient (Wildman–Crippen LogP) is 4.19. The highest BCUT2D eigenvalue weighted by Gasteiger charge is 2.31. The molecule has 0 saturated heterocycles. The molecular formula is C20H15ClFN3O2S. The number of amides is 2. The average molecular weight is 416 g/mol. The fourth-order valence-corrected chi connectivity index (χ4v) is 3.92. The number of nitrogens with one attached hydrogen (secondary N) is 2. The molecular weight excluding hydrogens is 401 g/mol. The van der Waals surface area contributed by atoms with Gasteiger partial charge >= 0.3 is 0 Å². The van der Waals surface area contributed by atoms with Crippen molar-refractivity contribution in [2.24, 2.45) is 0 Å². The van der Waals surface area contributed by atoms with E-state index in [0.29, 0.717) is 10.7 Å². The molecule has 142 valence electrons. The first-order valence-corrected chi connectivity index (χ1v) is 9.71. The number of anilines is 1. The summed E-state index contributed by atoms with van der Waals surface area (Å²) in [4.78, 5) is 24.3. The number of allylic oxidation sites excluding steroid dienone is 1. The Bertz CT molecular complexity index is 1000. The zero-order valence-electron chi connectivity index (χ0n) is 14.5. The van der Waals surface area contributed by atoms with Gasteiger partial charge in [0.2, 0.25) is 11.8 Å². The van der Waals surface area contributed by atoms with Crippen molar-refractivity contribution < 1.29 is 14.0 Å². The molecule has 2 aromatic carbocycles. The van der Waals surface area contributed by atoms with Gasteiger partial charge in [-0.3, -0.25) is 9.59 Å². The number of benzene rings is 2. The van der Waals surface area contributed by atoms with E-state index in [0.717, 1.165) is 11.8 Å². The van der Waals surface area contributed by atoms with E-state index < -0.39 is 11.7 Å². The molecule has 8 heteroatoms. The Balaban J connectivity index is 1.77. The molecule has 0 spiro atoms. The molecule has 0 aromatic heterocycles. The molecule has 3 rings (SSSR count). The van der Waals surface area contributed by atoms with Crippen LogP contribution in [0.1, 0.15) is 17.9 Å². The molecule has 0 fully saturated rings. The van der Waals surface area contributed by atoms with Crippen molar-refractivity contribution in [1.29, 1.82) is 5.26 Å². The minimum atomic E-state index is -0.682. The van der Waals surface area contributed by atoms with Crippen LogP contribution in [0.3, 0.4) is 0 Å². The lowest BCUT2D eigenvalue weighted by Crippen LogP contribution is -2.31. The average Bonchev–Trinajstić information content (AvgIpc) is 2.66. The highest BCUT2D eigenvalue weighted by molar-refractivity contribution is 8.03. The zero-order valence-corrected chi connectivity index (χ0v) is 16.1. The summed E-state index contributed by atoms with van der Waals surface area (Å²) in [7, 11) is 0. The van der Waals surface area contributed by atoms with Crippen molar-refractivity contribution in [1.82, 2.24) is 5.32 Å². The zero-order chi connectivity index (χ0) is 20.1. The molecule has 0 saturated carbocycles. The Morgan fingerprint density at radius 3 is 2.82 bits per heavy atom. The van der Waals surface area contributed by atoms with Crippen LogP contribution in [0.4, 0.5) is 10.1 Å². The molecule has 0 bridgehead atoms. The molecule has 2 N–H and O–H groups in total. The lowest BCUT2D eigenvalue weighted by Gasteiger charge is -2.25. The van der Waals surface area contributed by atoms with E-state index in [4.69, 9.17) is 11.6 Å². The molecule has 28 heavy (non-hydrogen) atoms. The first-order valence-electron chi connectivity index (χ1n) is 8.34. The Morgan fingerprint density at radius 1 is 1.32 bits per heavy atom. The van der Waals surface area contributed by atoms with Crippen molar-refractivity contribution in [3.8, 4) is 6.07 Å². The second-order valence-corrected chi connectivity index (χ2v) is 7.45. The Hall–Kier alpha value is -2.82. The number of nitrogens with zero attached hydrogens (tertiary/aromatic N) is 1. The van der Waals surface area contributed by atoms with E-state index in [1.807, 2.05) is 0 Å². The Labute approximate surface area is 170 Å². The minimum absolute atomic E-state index is 0.0252. The normalized spacial score (nSPS) is 16.3. The van der Waals surface area contributed by atoms with Crippen LogP contribution in [0.25, 0.3) is 0 Å². The summed E-state index contributed by atoms with van der Waals surface area (Å²) in [6.45, 7) is 0. The van der Waals surface area contributed by atoms with E-state index in [9.17, 15) is 19.2 Å². The molecule has 2 amide bonds. The highest BCUT2D eigenvalue weighted by atomic mass is 35.5. The first kappa shape index (κ1) is 19.9. The number of nitriles is 1. The number of hydrogen-bond donors (Lipinski definition) is 2. The monoisotopic (exact) mass is 415 g/mol. The lowest BCUT2D eigenvalue weighted by atomic mass is 9.87. The molecule has 0 unspecified atom stereocenters. The number of carbonyl (C=O) groups is 2. The topological polar surface area (TPSA) is 82.0 Å². The van der Waals surface area contributed by atoms with Gasteiger partial charge in [0.15, 0.2) is 0 Å². The molecule has 1 heterocycles. The van der Waals surface area contributed by atoms with Crippen LogP contribution < -0.4 is 10.6 Å². The largest absolute Gasteiger partial charge is 0.325 e. The van der Waals surface area contributed by atoms with Gasteiger partial charge < -0.3 is 10.6 Å². The summed E-state index contributed by atoms with van der Waals surface area (Å²) < 4.78 is 14.2. The van der Waals surface area contributed by atoms with Gasteiger partial charge in [-0.15, -0.1) is 0 Å². The quantitative estimate of drug-likeness (QED) is 0.767. The third kappa shape index (κ3) is 4.71. The molecule has 0 radical (unpaired) electrons. The van der Waals surface area contributed by atoms with E-state index >= 15 is 0 Å². The molecule has 1 atom stereocenters. The molecule has 5 nitrogen and oxygen atoms in total. The summed E-state index contributed by atoms with van der Waals surface area (Å²) in [5.41, 5.74) is 1.07. The number of rotatable bonds is 5. The highest BCUT2D eigenvalue weighted by Crippen LogP contribution is 2.36. The standard InChI is InChI=1S/C20H15ClFN3O2S/c21-12-4-3-5-13(8-12)24-19(27)11-28-20-16(10-23)15(9-18(26)25-20)14-6-1-2-7-17(14)22/h1-8,15H,9,11H2,(H,24,27)(H,25,26)/t15-/m0/s1. The summed E-state index contributed by atoms with van der Waals surface area (Å²) in [5.74, 6) is -1.84. The van der Waals surface area contributed by atoms with Crippen molar-refractivity contribution >= 4 is 40.9 Å². The fourth-order valence-electron chi connectivity index (χ4n) is 2.86. The summed E-state index contributed by atoms with van der Waals surface area (Å²) in [6.07, 6.45) is -0.0252. The summed E-state index contributed by atoms with van der Waals surface area (Å²) >= 11 is 6.92. The maximum atomic E-state index is 14.2. The van der Waals surface area contributed by atoms with Crippen LogP contribution in [-0.4, -0.2) is 17.6 Å². The summed E-state index contributed by atoms with van der Waals surface area (Å²) in [6, 6.07) is 14.8. The van der Waals surface area contributed by atoms with Crippen LogP contribution in [-0.2, 0) is 9.59 Å². The third-order valence-electron chi connectivity index (χ3n) is 4.09. The van der Waals surface area contributed by atoms with Gasteiger partial charge in [0.05, 0.1) is 22.4 Å². The van der Waals surface area contributed by atoms with Crippen LogP contribution in [0.15, 0.2) is 59.1 Å². The van der Waals surface area contributed by atoms with Gasteiger partial charge in [-0.25, -0.2) is 4.39 Å². The van der Waals surface area contributed by atoms with Crippen LogP contribution in [0.2, 0.25) is 5.02 Å². The van der Waals surface area contributed by atoms with Crippen LogP contribution >= 0.6 is 23.4 Å². The van der Waals surface area contributed by atoms with Gasteiger partial charge in [-0.2, -0.15) is 5.26 Å². The minimum Gasteiger partial charge on any atom is -0.325 e. The smallest absolute Gasteiger partial charge is 0.234 e.